The molecule has 0 aromatic rings. The van der Waals surface area contributed by atoms with E-state index in [0.29, 0.717) is 13.2 Å². The number of ether oxygens (including phenoxy) is 2. The zero-order chi connectivity index (χ0) is 10.2. The van der Waals surface area contributed by atoms with Crippen molar-refractivity contribution in [3.63, 3.8) is 0 Å². The van der Waals surface area contributed by atoms with Crippen LogP contribution in [-0.2, 0) is 9.47 Å². The van der Waals surface area contributed by atoms with Crippen LogP contribution in [0.2, 0.25) is 0 Å². The van der Waals surface area contributed by atoms with Gasteiger partial charge in [-0.25, -0.2) is 0 Å². The molecule has 0 heterocycles. The van der Waals surface area contributed by atoms with Crippen molar-refractivity contribution >= 4 is 0 Å². The second kappa shape index (κ2) is 7.30. The Hall–Kier alpha value is -0.120. The molecule has 13 heavy (non-hydrogen) atoms. The molecule has 0 aromatic heterocycles. The number of hydrogen-bond donors (Lipinski definition) is 1. The second-order valence-electron chi connectivity index (χ2n) is 3.76. The first kappa shape index (κ1) is 12.9. The van der Waals surface area contributed by atoms with Gasteiger partial charge in [0.05, 0.1) is 12.2 Å². The zero-order valence-corrected chi connectivity index (χ0v) is 9.14. The van der Waals surface area contributed by atoms with Crippen LogP contribution in [0.4, 0.5) is 0 Å². The van der Waals surface area contributed by atoms with Gasteiger partial charge in [-0.2, -0.15) is 0 Å². The van der Waals surface area contributed by atoms with Crippen LogP contribution >= 0.6 is 0 Å². The maximum atomic E-state index is 5.55. The average molecular weight is 189 g/mol. The van der Waals surface area contributed by atoms with Gasteiger partial charge in [0, 0.05) is 19.8 Å². The predicted octanol–water partition coefficient (Wildman–Crippen LogP) is 1.56. The lowest BCUT2D eigenvalue weighted by atomic mass is 10.1. The summed E-state index contributed by atoms with van der Waals surface area (Å²) in [5.74, 6) is 0. The summed E-state index contributed by atoms with van der Waals surface area (Å²) in [6.45, 7) is 9.06. The van der Waals surface area contributed by atoms with E-state index >= 15 is 0 Å². The topological polar surface area (TPSA) is 44.5 Å². The summed E-state index contributed by atoms with van der Waals surface area (Å²) in [5.41, 5.74) is 5.25. The van der Waals surface area contributed by atoms with E-state index in [1.807, 2.05) is 0 Å². The van der Waals surface area contributed by atoms with Gasteiger partial charge in [0.1, 0.15) is 0 Å². The van der Waals surface area contributed by atoms with Crippen molar-refractivity contribution in [1.29, 1.82) is 0 Å². The standard InChI is InChI=1S/C10H23NO2/c1-4-7-12-8-5-10(2,3)13-9-6-11/h4-9,11H2,1-3H3. The summed E-state index contributed by atoms with van der Waals surface area (Å²) in [5, 5.41) is 0. The summed E-state index contributed by atoms with van der Waals surface area (Å²) in [4.78, 5) is 0. The molecule has 0 aliphatic carbocycles. The van der Waals surface area contributed by atoms with Gasteiger partial charge in [-0.3, -0.25) is 0 Å². The summed E-state index contributed by atoms with van der Waals surface area (Å²) in [6.07, 6.45) is 2.00. The van der Waals surface area contributed by atoms with Crippen molar-refractivity contribution in [2.75, 3.05) is 26.4 Å². The van der Waals surface area contributed by atoms with E-state index in [4.69, 9.17) is 15.2 Å². The Morgan fingerprint density at radius 3 is 2.38 bits per heavy atom. The van der Waals surface area contributed by atoms with Gasteiger partial charge in [0.15, 0.2) is 0 Å². The predicted molar refractivity (Wildman–Crippen MR) is 54.8 cm³/mol. The molecule has 0 aliphatic heterocycles. The average Bonchev–Trinajstić information content (AvgIpc) is 2.09. The summed E-state index contributed by atoms with van der Waals surface area (Å²) < 4.78 is 10.9. The molecule has 0 saturated heterocycles. The molecule has 0 aliphatic rings. The molecule has 0 aromatic carbocycles. The highest BCUT2D eigenvalue weighted by Gasteiger charge is 2.17. The van der Waals surface area contributed by atoms with Gasteiger partial charge >= 0.3 is 0 Å². The van der Waals surface area contributed by atoms with Crippen LogP contribution < -0.4 is 5.73 Å². The van der Waals surface area contributed by atoms with Crippen molar-refractivity contribution in [1.82, 2.24) is 0 Å². The minimum atomic E-state index is -0.104. The molecule has 0 bridgehead atoms. The monoisotopic (exact) mass is 189 g/mol. The van der Waals surface area contributed by atoms with Crippen molar-refractivity contribution in [3.05, 3.63) is 0 Å². The van der Waals surface area contributed by atoms with E-state index in [0.717, 1.165) is 26.1 Å². The third-order valence-corrected chi connectivity index (χ3v) is 1.81. The Balaban J connectivity index is 3.39. The van der Waals surface area contributed by atoms with E-state index in [-0.39, 0.29) is 5.60 Å². The SMILES string of the molecule is CCCOCCC(C)(C)OCCN. The third kappa shape index (κ3) is 8.22. The van der Waals surface area contributed by atoms with Crippen molar-refractivity contribution in [2.45, 2.75) is 39.2 Å². The van der Waals surface area contributed by atoms with E-state index in [2.05, 4.69) is 20.8 Å². The molecule has 80 valence electrons. The zero-order valence-electron chi connectivity index (χ0n) is 9.14. The molecular weight excluding hydrogens is 166 g/mol. The Labute approximate surface area is 81.6 Å². The highest BCUT2D eigenvalue weighted by Crippen LogP contribution is 2.13. The van der Waals surface area contributed by atoms with E-state index in [1.54, 1.807) is 0 Å². The van der Waals surface area contributed by atoms with Crippen LogP contribution in [0.15, 0.2) is 0 Å². The molecule has 0 rings (SSSR count). The molecular formula is C10H23NO2. The Kier molecular flexibility index (Phi) is 7.23. The lowest BCUT2D eigenvalue weighted by Crippen LogP contribution is -2.29. The number of rotatable bonds is 8. The molecule has 3 nitrogen and oxygen atoms in total. The summed E-state index contributed by atoms with van der Waals surface area (Å²) in [6, 6.07) is 0. The second-order valence-corrected chi connectivity index (χ2v) is 3.76. The van der Waals surface area contributed by atoms with Crippen LogP contribution in [0.25, 0.3) is 0 Å². The Morgan fingerprint density at radius 1 is 1.15 bits per heavy atom. The first-order valence-electron chi connectivity index (χ1n) is 5.04. The van der Waals surface area contributed by atoms with E-state index in [9.17, 15) is 0 Å². The van der Waals surface area contributed by atoms with Gasteiger partial charge in [-0.1, -0.05) is 6.92 Å². The molecule has 0 spiro atoms. The lowest BCUT2D eigenvalue weighted by Gasteiger charge is -2.24. The Morgan fingerprint density at radius 2 is 1.85 bits per heavy atom. The van der Waals surface area contributed by atoms with E-state index in [1.165, 1.54) is 0 Å². The minimum Gasteiger partial charge on any atom is -0.381 e. The molecule has 0 atom stereocenters. The van der Waals surface area contributed by atoms with Gasteiger partial charge in [0.2, 0.25) is 0 Å². The molecule has 3 heteroatoms. The largest absolute Gasteiger partial charge is 0.381 e. The van der Waals surface area contributed by atoms with Crippen LogP contribution in [0.1, 0.15) is 33.6 Å². The normalized spacial score (nSPS) is 12.0. The lowest BCUT2D eigenvalue weighted by molar-refractivity contribution is -0.0371. The molecule has 2 N–H and O–H groups in total. The van der Waals surface area contributed by atoms with Crippen molar-refractivity contribution in [2.24, 2.45) is 5.73 Å². The van der Waals surface area contributed by atoms with Crippen LogP contribution in [0, 0.1) is 0 Å². The van der Waals surface area contributed by atoms with Crippen molar-refractivity contribution in [3.8, 4) is 0 Å². The van der Waals surface area contributed by atoms with Crippen molar-refractivity contribution < 1.29 is 9.47 Å². The number of hydrogen-bond acceptors (Lipinski definition) is 3. The summed E-state index contributed by atoms with van der Waals surface area (Å²) >= 11 is 0. The molecule has 0 amide bonds. The van der Waals surface area contributed by atoms with Gasteiger partial charge in [0.25, 0.3) is 0 Å². The van der Waals surface area contributed by atoms with Crippen LogP contribution in [0.5, 0.6) is 0 Å². The fourth-order valence-corrected chi connectivity index (χ4v) is 0.972. The fraction of sp³-hybridized carbons (Fsp3) is 1.00. The van der Waals surface area contributed by atoms with Gasteiger partial charge < -0.3 is 15.2 Å². The van der Waals surface area contributed by atoms with Crippen LogP contribution in [-0.4, -0.2) is 32.0 Å². The fourth-order valence-electron chi connectivity index (χ4n) is 0.972. The quantitative estimate of drug-likeness (QED) is 0.589. The summed E-state index contributed by atoms with van der Waals surface area (Å²) in [7, 11) is 0. The molecule has 0 radical (unpaired) electrons. The highest BCUT2D eigenvalue weighted by molar-refractivity contribution is 4.67. The van der Waals surface area contributed by atoms with E-state index < -0.39 is 0 Å². The highest BCUT2D eigenvalue weighted by atomic mass is 16.5. The molecule has 0 fully saturated rings. The molecule has 0 unspecified atom stereocenters. The third-order valence-electron chi connectivity index (χ3n) is 1.81. The minimum absolute atomic E-state index is 0.104. The van der Waals surface area contributed by atoms with Gasteiger partial charge in [-0.05, 0) is 26.7 Å². The first-order valence-corrected chi connectivity index (χ1v) is 5.04. The maximum Gasteiger partial charge on any atom is 0.0649 e. The van der Waals surface area contributed by atoms with Crippen LogP contribution in [0.3, 0.4) is 0 Å². The molecule has 0 saturated carbocycles. The maximum absolute atomic E-state index is 5.55. The first-order chi connectivity index (χ1) is 6.12. The Bertz CT molecular complexity index is 115. The smallest absolute Gasteiger partial charge is 0.0649 e. The number of nitrogens with two attached hydrogens (primary N) is 1. The van der Waals surface area contributed by atoms with Gasteiger partial charge in [-0.15, -0.1) is 0 Å².